The number of amides is 1. The molecule has 0 fully saturated rings. The van der Waals surface area contributed by atoms with E-state index in [1.807, 2.05) is 0 Å². The Morgan fingerprint density at radius 1 is 0.512 bits per heavy atom. The van der Waals surface area contributed by atoms with Crippen molar-refractivity contribution in [2.45, 2.75) is 110 Å². The Kier molecular flexibility index (Phi) is 33.3. The van der Waals surface area contributed by atoms with Crippen LogP contribution in [0.3, 0.4) is 0 Å². The minimum Gasteiger partial charge on any atom is -0.480 e. The maximum absolute atomic E-state index is 11.8. The summed E-state index contributed by atoms with van der Waals surface area (Å²) >= 11 is 0. The van der Waals surface area contributed by atoms with E-state index in [0.717, 1.165) is 12.8 Å². The van der Waals surface area contributed by atoms with E-state index in [-0.39, 0.29) is 19.2 Å². The molecule has 0 rings (SSSR count). The average Bonchev–Trinajstić information content (AvgIpc) is 2.98. The SMILES string of the molecule is CCCCCCCCCCCCCCCCCC(=O)OCCOCCOCCOCCOCCNC(=O)COCC(=O)O. The van der Waals surface area contributed by atoms with Crippen LogP contribution in [-0.4, -0.2) is 102 Å². The molecule has 0 radical (unpaired) electrons. The van der Waals surface area contributed by atoms with Crippen molar-refractivity contribution >= 4 is 17.8 Å². The van der Waals surface area contributed by atoms with E-state index in [1.54, 1.807) is 0 Å². The summed E-state index contributed by atoms with van der Waals surface area (Å²) in [5.41, 5.74) is 0. The summed E-state index contributed by atoms with van der Waals surface area (Å²) in [7, 11) is 0. The van der Waals surface area contributed by atoms with Gasteiger partial charge in [-0.2, -0.15) is 0 Å². The molecule has 0 saturated carbocycles. The van der Waals surface area contributed by atoms with Gasteiger partial charge in [-0.15, -0.1) is 0 Å². The highest BCUT2D eigenvalue weighted by atomic mass is 16.6. The van der Waals surface area contributed by atoms with Crippen LogP contribution in [-0.2, 0) is 42.8 Å². The topological polar surface area (TPSA) is 139 Å². The predicted molar refractivity (Wildman–Crippen MR) is 165 cm³/mol. The Hall–Kier alpha value is -1.79. The van der Waals surface area contributed by atoms with Crippen LogP contribution in [0.25, 0.3) is 0 Å². The number of esters is 1. The number of nitrogens with one attached hydrogen (secondary N) is 1. The highest BCUT2D eigenvalue weighted by molar-refractivity contribution is 5.77. The third-order valence-electron chi connectivity index (χ3n) is 6.62. The van der Waals surface area contributed by atoms with Gasteiger partial charge in [-0.05, 0) is 6.42 Å². The lowest BCUT2D eigenvalue weighted by molar-refractivity contribution is -0.146. The van der Waals surface area contributed by atoms with Crippen LogP contribution in [0.15, 0.2) is 0 Å². The van der Waals surface area contributed by atoms with Crippen LogP contribution in [0.5, 0.6) is 0 Å². The van der Waals surface area contributed by atoms with Gasteiger partial charge in [0.15, 0.2) is 0 Å². The lowest BCUT2D eigenvalue weighted by atomic mass is 10.0. The molecule has 11 heteroatoms. The third-order valence-corrected chi connectivity index (χ3v) is 6.62. The van der Waals surface area contributed by atoms with Crippen LogP contribution >= 0.6 is 0 Å². The van der Waals surface area contributed by atoms with Crippen molar-refractivity contribution in [2.75, 3.05) is 79.2 Å². The lowest BCUT2D eigenvalue weighted by Crippen LogP contribution is -2.31. The highest BCUT2D eigenvalue weighted by Gasteiger charge is 2.04. The molecule has 0 heterocycles. The van der Waals surface area contributed by atoms with Crippen molar-refractivity contribution in [3.63, 3.8) is 0 Å². The zero-order valence-electron chi connectivity index (χ0n) is 26.9. The molecule has 0 bridgehead atoms. The molecule has 0 aromatic rings. The fraction of sp³-hybridized carbons (Fsp3) is 0.906. The molecule has 43 heavy (non-hydrogen) atoms. The number of hydrogen-bond donors (Lipinski definition) is 2. The predicted octanol–water partition coefficient (Wildman–Crippen LogP) is 5.07. The zero-order valence-corrected chi connectivity index (χ0v) is 26.9. The smallest absolute Gasteiger partial charge is 0.329 e. The Labute approximate surface area is 260 Å². The molecule has 0 aliphatic heterocycles. The maximum atomic E-state index is 11.8. The minimum atomic E-state index is -1.12. The van der Waals surface area contributed by atoms with Crippen molar-refractivity contribution in [1.29, 1.82) is 0 Å². The molecular weight excluding hydrogens is 558 g/mol. The quantitative estimate of drug-likeness (QED) is 0.0730. The summed E-state index contributed by atoms with van der Waals surface area (Å²) in [4.78, 5) is 33.5. The van der Waals surface area contributed by atoms with Gasteiger partial charge < -0.3 is 38.8 Å². The van der Waals surface area contributed by atoms with Gasteiger partial charge in [-0.1, -0.05) is 96.8 Å². The second-order valence-corrected chi connectivity index (χ2v) is 10.6. The fourth-order valence-corrected chi connectivity index (χ4v) is 4.23. The van der Waals surface area contributed by atoms with E-state index >= 15 is 0 Å². The molecule has 0 saturated heterocycles. The second kappa shape index (κ2) is 34.7. The number of rotatable bonds is 35. The van der Waals surface area contributed by atoms with E-state index in [9.17, 15) is 14.4 Å². The first kappa shape index (κ1) is 41.2. The van der Waals surface area contributed by atoms with Gasteiger partial charge in [0.05, 0.1) is 52.9 Å². The number of carboxylic acid groups (broad SMARTS) is 1. The molecule has 2 N–H and O–H groups in total. The fourth-order valence-electron chi connectivity index (χ4n) is 4.23. The van der Waals surface area contributed by atoms with Crippen LogP contribution in [0, 0.1) is 0 Å². The van der Waals surface area contributed by atoms with E-state index in [2.05, 4.69) is 17.0 Å². The number of hydrogen-bond acceptors (Lipinski definition) is 9. The van der Waals surface area contributed by atoms with Gasteiger partial charge in [-0.3, -0.25) is 9.59 Å². The molecule has 0 unspecified atom stereocenters. The molecule has 0 atom stereocenters. The largest absolute Gasteiger partial charge is 0.480 e. The van der Waals surface area contributed by atoms with Gasteiger partial charge in [0.1, 0.15) is 19.8 Å². The number of aliphatic carboxylic acids is 1. The first-order chi connectivity index (χ1) is 21.1. The van der Waals surface area contributed by atoms with Crippen molar-refractivity contribution in [1.82, 2.24) is 5.32 Å². The van der Waals surface area contributed by atoms with E-state index in [0.29, 0.717) is 65.8 Å². The van der Waals surface area contributed by atoms with Crippen molar-refractivity contribution in [3.05, 3.63) is 0 Å². The lowest BCUT2D eigenvalue weighted by Gasteiger charge is -2.08. The Morgan fingerprint density at radius 2 is 0.930 bits per heavy atom. The van der Waals surface area contributed by atoms with E-state index in [4.69, 9.17) is 28.8 Å². The first-order valence-electron chi connectivity index (χ1n) is 16.6. The highest BCUT2D eigenvalue weighted by Crippen LogP contribution is 2.13. The second-order valence-electron chi connectivity index (χ2n) is 10.6. The number of carboxylic acids is 1. The normalized spacial score (nSPS) is 11.1. The monoisotopic (exact) mass is 619 g/mol. The summed E-state index contributed by atoms with van der Waals surface area (Å²) in [5.74, 6) is -1.67. The Balaban J connectivity index is 3.20. The number of unbranched alkanes of at least 4 members (excludes halogenated alkanes) is 14. The molecule has 0 aliphatic rings. The molecule has 0 aliphatic carbocycles. The van der Waals surface area contributed by atoms with Gasteiger partial charge in [0.2, 0.25) is 5.91 Å². The van der Waals surface area contributed by atoms with Gasteiger partial charge >= 0.3 is 11.9 Å². The van der Waals surface area contributed by atoms with E-state index in [1.165, 1.54) is 83.5 Å². The Morgan fingerprint density at radius 3 is 1.40 bits per heavy atom. The minimum absolute atomic E-state index is 0.150. The van der Waals surface area contributed by atoms with Crippen LogP contribution in [0.4, 0.5) is 0 Å². The molecule has 0 spiro atoms. The molecular formula is C32H61NO10. The Bertz CT molecular complexity index is 635. The first-order valence-corrected chi connectivity index (χ1v) is 16.6. The number of ether oxygens (including phenoxy) is 6. The van der Waals surface area contributed by atoms with Crippen molar-refractivity contribution in [2.24, 2.45) is 0 Å². The third kappa shape index (κ3) is 36.3. The summed E-state index contributed by atoms with van der Waals surface area (Å²) in [6, 6.07) is 0. The molecule has 0 aromatic carbocycles. The zero-order chi connectivity index (χ0) is 31.5. The summed E-state index contributed by atoms with van der Waals surface area (Å²) in [6.45, 7) is 5.21. The van der Waals surface area contributed by atoms with Crippen LogP contribution < -0.4 is 5.32 Å². The summed E-state index contributed by atoms with van der Waals surface area (Å²) in [6.07, 6.45) is 20.1. The van der Waals surface area contributed by atoms with Gasteiger partial charge in [-0.25, -0.2) is 4.79 Å². The van der Waals surface area contributed by atoms with E-state index < -0.39 is 18.5 Å². The average molecular weight is 620 g/mol. The number of carbonyl (C=O) groups excluding carboxylic acids is 2. The molecule has 0 aromatic heterocycles. The summed E-state index contributed by atoms with van der Waals surface area (Å²) < 4.78 is 31.4. The standard InChI is InChI=1S/C32H61NO10/c1-2-3-4-5-6-7-8-9-10-11-12-13-14-15-16-17-32(37)43-27-26-41-25-24-40-23-22-39-21-20-38-19-18-33-30(34)28-42-29-31(35)36/h2-29H2,1H3,(H,33,34)(H,35,36). The molecule has 1 amide bonds. The van der Waals surface area contributed by atoms with Gasteiger partial charge in [0, 0.05) is 13.0 Å². The number of carbonyl (C=O) groups is 3. The maximum Gasteiger partial charge on any atom is 0.329 e. The van der Waals surface area contributed by atoms with Crippen LogP contribution in [0.1, 0.15) is 110 Å². The summed E-state index contributed by atoms with van der Waals surface area (Å²) in [5, 5.41) is 11.0. The van der Waals surface area contributed by atoms with Crippen molar-refractivity contribution < 1.29 is 47.9 Å². The molecule has 254 valence electrons. The van der Waals surface area contributed by atoms with Crippen LogP contribution in [0.2, 0.25) is 0 Å². The van der Waals surface area contributed by atoms with Crippen molar-refractivity contribution in [3.8, 4) is 0 Å². The van der Waals surface area contributed by atoms with Gasteiger partial charge in [0.25, 0.3) is 0 Å². The molecule has 11 nitrogen and oxygen atoms in total.